The largest absolute Gasteiger partial charge is 0.490 e. The molecule has 7 nitrogen and oxygen atoms in total. The zero-order valence-corrected chi connectivity index (χ0v) is 18.8. The Hall–Kier alpha value is -4.17. The van der Waals surface area contributed by atoms with Gasteiger partial charge in [-0.1, -0.05) is 30.3 Å². The number of carbonyl (C=O) groups is 2. The molecule has 1 aliphatic rings. The zero-order chi connectivity index (χ0) is 25.6. The molecular formula is C24H19F3N4O3S. The van der Waals surface area contributed by atoms with Crippen LogP contribution in [0, 0.1) is 17.2 Å². The number of hydrogen-bond donors (Lipinski definition) is 3. The van der Waals surface area contributed by atoms with Gasteiger partial charge in [0.1, 0.15) is 6.07 Å². The molecule has 2 atom stereocenters. The normalized spacial score (nSPS) is 16.6. The maximum absolute atomic E-state index is 12.6. The average molecular weight is 501 g/mol. The molecule has 0 bridgehead atoms. The fourth-order valence-electron chi connectivity index (χ4n) is 3.38. The molecule has 1 saturated carbocycles. The molecule has 11 heteroatoms. The van der Waals surface area contributed by atoms with Gasteiger partial charge >= 0.3 is 12.1 Å². The highest BCUT2D eigenvalue weighted by molar-refractivity contribution is 7.08. The van der Waals surface area contributed by atoms with E-state index in [1.807, 2.05) is 59.3 Å². The number of hydrazone groups is 1. The molecular weight excluding hydrogens is 481 g/mol. The number of carbonyl (C=O) groups excluding carboxylic acids is 1. The first kappa shape index (κ1) is 25.5. The molecule has 180 valence electrons. The van der Waals surface area contributed by atoms with Crippen LogP contribution in [0.15, 0.2) is 64.4 Å². The van der Waals surface area contributed by atoms with E-state index in [9.17, 15) is 18.0 Å². The third-order valence-electron chi connectivity index (χ3n) is 5.18. The summed E-state index contributed by atoms with van der Waals surface area (Å²) in [6.45, 7) is 0. The van der Waals surface area contributed by atoms with Gasteiger partial charge in [0.25, 0.3) is 0 Å². The minimum absolute atomic E-state index is 0.0215. The number of hydrogen-bond acceptors (Lipinski definition) is 6. The zero-order valence-electron chi connectivity index (χ0n) is 18.0. The molecule has 0 aliphatic heterocycles. The van der Waals surface area contributed by atoms with Gasteiger partial charge in [0.15, 0.2) is 0 Å². The molecule has 0 unspecified atom stereocenters. The Bertz CT molecular complexity index is 1280. The van der Waals surface area contributed by atoms with Gasteiger partial charge in [-0.25, -0.2) is 4.79 Å². The van der Waals surface area contributed by atoms with Crippen molar-refractivity contribution in [2.75, 3.05) is 5.32 Å². The van der Waals surface area contributed by atoms with Crippen LogP contribution in [0.4, 0.5) is 18.9 Å². The summed E-state index contributed by atoms with van der Waals surface area (Å²) in [4.78, 5) is 21.5. The van der Waals surface area contributed by atoms with Crippen LogP contribution < -0.4 is 11.2 Å². The van der Waals surface area contributed by atoms with Crippen molar-refractivity contribution in [3.05, 3.63) is 76.0 Å². The number of alkyl halides is 3. The van der Waals surface area contributed by atoms with Crippen LogP contribution in [0.3, 0.4) is 0 Å². The number of carboxylic acid groups (broad SMARTS) is 1. The van der Waals surface area contributed by atoms with Gasteiger partial charge in [-0.2, -0.15) is 34.9 Å². The van der Waals surface area contributed by atoms with Crippen LogP contribution in [-0.4, -0.2) is 29.4 Å². The van der Waals surface area contributed by atoms with Crippen LogP contribution in [0.2, 0.25) is 0 Å². The van der Waals surface area contributed by atoms with E-state index in [1.165, 1.54) is 11.3 Å². The highest BCUT2D eigenvalue weighted by atomic mass is 32.1. The van der Waals surface area contributed by atoms with Gasteiger partial charge in [0.2, 0.25) is 5.91 Å². The summed E-state index contributed by atoms with van der Waals surface area (Å²) in [5.74, 6) is 2.70. The van der Waals surface area contributed by atoms with Gasteiger partial charge in [-0.3, -0.25) is 4.79 Å². The number of benzene rings is 2. The summed E-state index contributed by atoms with van der Waals surface area (Å²) in [5.41, 5.74) is 5.40. The number of aliphatic carboxylic acids is 1. The Morgan fingerprint density at radius 1 is 1.20 bits per heavy atom. The van der Waals surface area contributed by atoms with Gasteiger partial charge < -0.3 is 16.3 Å². The number of nitrogens with one attached hydrogen (secondary N) is 1. The van der Waals surface area contributed by atoms with Gasteiger partial charge in [0.05, 0.1) is 11.8 Å². The minimum Gasteiger partial charge on any atom is -0.475 e. The number of halogens is 3. The SMILES string of the molecule is N#Cc1cscc1-c1ccc(NC(=O)[C@@H]2C[C@@H]2c2cccc(C=NN)c2)cc1.O=C(O)C(F)(F)F. The Balaban J connectivity index is 0.000000429. The summed E-state index contributed by atoms with van der Waals surface area (Å²) < 4.78 is 31.7. The Labute approximate surface area is 202 Å². The molecule has 3 aromatic rings. The van der Waals surface area contributed by atoms with Crippen LogP contribution in [0.1, 0.15) is 29.0 Å². The van der Waals surface area contributed by atoms with E-state index in [1.54, 1.807) is 6.21 Å². The summed E-state index contributed by atoms with van der Waals surface area (Å²) in [6.07, 6.45) is -2.64. The number of nitrogens with two attached hydrogens (primary N) is 1. The van der Waals surface area contributed by atoms with Crippen LogP contribution in [-0.2, 0) is 9.59 Å². The molecule has 1 aromatic heterocycles. The maximum Gasteiger partial charge on any atom is 0.490 e. The van der Waals surface area contributed by atoms with Crippen molar-refractivity contribution in [2.45, 2.75) is 18.5 Å². The Morgan fingerprint density at radius 3 is 2.49 bits per heavy atom. The molecule has 1 heterocycles. The van der Waals surface area contributed by atoms with Gasteiger partial charge in [-0.05, 0) is 52.6 Å². The van der Waals surface area contributed by atoms with E-state index in [0.717, 1.165) is 34.4 Å². The first-order chi connectivity index (χ1) is 16.6. The summed E-state index contributed by atoms with van der Waals surface area (Å²) in [6, 6.07) is 17.8. The molecule has 1 fully saturated rings. The van der Waals surface area contributed by atoms with E-state index < -0.39 is 12.1 Å². The third-order valence-corrected chi connectivity index (χ3v) is 5.92. The maximum atomic E-state index is 12.6. The van der Waals surface area contributed by atoms with Crippen molar-refractivity contribution in [1.82, 2.24) is 0 Å². The lowest BCUT2D eigenvalue weighted by Crippen LogP contribution is -2.21. The lowest BCUT2D eigenvalue weighted by molar-refractivity contribution is -0.192. The first-order valence-corrected chi connectivity index (χ1v) is 11.1. The molecule has 0 radical (unpaired) electrons. The van der Waals surface area contributed by atoms with E-state index in [4.69, 9.17) is 21.0 Å². The first-order valence-electron chi connectivity index (χ1n) is 10.1. The van der Waals surface area contributed by atoms with Crippen molar-refractivity contribution in [3.63, 3.8) is 0 Å². The number of anilines is 1. The van der Waals surface area contributed by atoms with E-state index in [0.29, 0.717) is 5.56 Å². The number of rotatable bonds is 5. The lowest BCUT2D eigenvalue weighted by Gasteiger charge is -2.07. The number of carboxylic acids is 1. The minimum atomic E-state index is -5.08. The average Bonchev–Trinajstić information content (AvgIpc) is 3.49. The van der Waals surface area contributed by atoms with Crippen molar-refractivity contribution in [2.24, 2.45) is 16.9 Å². The smallest absolute Gasteiger partial charge is 0.475 e. The molecule has 0 spiro atoms. The quantitative estimate of drug-likeness (QED) is 0.259. The standard InChI is InChI=1S/C22H18N4OS.C2HF3O2/c23-10-17-12-28-13-21(17)15-4-6-18(7-5-15)26-22(27)20-9-19(20)16-3-1-2-14(8-16)11-25-24;3-2(4,5)1(6)7/h1-8,11-13,19-20H,9,24H2,(H,26,27);(H,6,7)/t19-,20-;/m1./s1. The topological polar surface area (TPSA) is 129 Å². The predicted molar refractivity (Wildman–Crippen MR) is 126 cm³/mol. The van der Waals surface area contributed by atoms with Crippen molar-refractivity contribution < 1.29 is 27.9 Å². The number of nitrogens with zero attached hydrogens (tertiary/aromatic N) is 2. The molecule has 0 saturated heterocycles. The lowest BCUT2D eigenvalue weighted by atomic mass is 10.0. The van der Waals surface area contributed by atoms with Gasteiger partial charge in [-0.15, -0.1) is 0 Å². The molecule has 4 rings (SSSR count). The summed E-state index contributed by atoms with van der Waals surface area (Å²) >= 11 is 1.51. The van der Waals surface area contributed by atoms with Crippen LogP contribution >= 0.6 is 11.3 Å². The highest BCUT2D eigenvalue weighted by Crippen LogP contribution is 2.48. The predicted octanol–water partition coefficient (Wildman–Crippen LogP) is 4.95. The second-order valence-corrected chi connectivity index (χ2v) is 8.32. The molecule has 35 heavy (non-hydrogen) atoms. The third kappa shape index (κ3) is 6.68. The second kappa shape index (κ2) is 10.8. The highest BCUT2D eigenvalue weighted by Gasteiger charge is 2.44. The van der Waals surface area contributed by atoms with Crippen molar-refractivity contribution >= 4 is 35.1 Å². The fourth-order valence-corrected chi connectivity index (χ4v) is 4.17. The van der Waals surface area contributed by atoms with E-state index >= 15 is 0 Å². The Morgan fingerprint density at radius 2 is 1.89 bits per heavy atom. The van der Waals surface area contributed by atoms with E-state index in [-0.39, 0.29) is 17.7 Å². The molecule has 1 aliphatic carbocycles. The summed E-state index contributed by atoms with van der Waals surface area (Å²) in [5, 5.41) is 26.6. The molecule has 1 amide bonds. The molecule has 4 N–H and O–H groups in total. The monoisotopic (exact) mass is 500 g/mol. The second-order valence-electron chi connectivity index (χ2n) is 7.58. The van der Waals surface area contributed by atoms with Crippen molar-refractivity contribution in [1.29, 1.82) is 5.26 Å². The van der Waals surface area contributed by atoms with Crippen LogP contribution in [0.5, 0.6) is 0 Å². The van der Waals surface area contributed by atoms with E-state index in [2.05, 4.69) is 16.5 Å². The van der Waals surface area contributed by atoms with Crippen LogP contribution in [0.25, 0.3) is 11.1 Å². The van der Waals surface area contributed by atoms with Gasteiger partial charge in [0, 0.05) is 22.5 Å². The fraction of sp³-hybridized carbons (Fsp3) is 0.167. The number of amides is 1. The Kier molecular flexibility index (Phi) is 7.88. The molecule has 2 aromatic carbocycles. The number of thiophene rings is 1. The summed E-state index contributed by atoms with van der Waals surface area (Å²) in [7, 11) is 0. The van der Waals surface area contributed by atoms with Crippen molar-refractivity contribution in [3.8, 4) is 17.2 Å². The number of nitriles is 1.